The maximum Gasteiger partial charge on any atom is 0.329 e. The predicted molar refractivity (Wildman–Crippen MR) is 41.4 cm³/mol. The zero-order valence-corrected chi connectivity index (χ0v) is 6.80. The molecule has 0 aliphatic rings. The molecule has 1 unspecified atom stereocenters. The summed E-state index contributed by atoms with van der Waals surface area (Å²) in [4.78, 5) is 14.6. The van der Waals surface area contributed by atoms with Crippen LogP contribution in [0.25, 0.3) is 0 Å². The largest absolute Gasteiger partial charge is 0.405 e. The van der Waals surface area contributed by atoms with E-state index in [9.17, 15) is 4.79 Å². The third-order valence-corrected chi connectivity index (χ3v) is 1.55. The van der Waals surface area contributed by atoms with Crippen molar-refractivity contribution in [2.75, 3.05) is 0 Å². The van der Waals surface area contributed by atoms with Gasteiger partial charge in [-0.2, -0.15) is 0 Å². The Hall–Kier alpha value is -0.940. The second-order valence-corrected chi connectivity index (χ2v) is 2.76. The lowest BCUT2D eigenvalue weighted by atomic mass is 10.4. The summed E-state index contributed by atoms with van der Waals surface area (Å²) >= 11 is 1.36. The first-order chi connectivity index (χ1) is 5.20. The number of rotatable bonds is 2. The minimum atomic E-state index is -0.600. The summed E-state index contributed by atoms with van der Waals surface area (Å²) in [6.45, 7) is 1.56. The highest BCUT2D eigenvalue weighted by atomic mass is 32.1. The maximum absolute atomic E-state index is 10.8. The van der Waals surface area contributed by atoms with E-state index in [2.05, 4.69) is 4.98 Å². The smallest absolute Gasteiger partial charge is 0.329 e. The van der Waals surface area contributed by atoms with E-state index in [1.807, 2.05) is 0 Å². The Labute approximate surface area is 68.0 Å². The Balaban J connectivity index is 2.50. The van der Waals surface area contributed by atoms with E-state index in [-0.39, 0.29) is 0 Å². The van der Waals surface area contributed by atoms with Crippen molar-refractivity contribution < 1.29 is 9.53 Å². The van der Waals surface area contributed by atoms with Crippen molar-refractivity contribution in [2.45, 2.75) is 13.0 Å². The Kier molecular flexibility index (Phi) is 2.56. The molecule has 1 rings (SSSR count). The minimum Gasteiger partial charge on any atom is -0.405 e. The molecule has 5 heteroatoms. The van der Waals surface area contributed by atoms with Crippen LogP contribution in [-0.4, -0.2) is 17.0 Å². The predicted octanol–water partition coefficient (Wildman–Crippen LogP) is 0.396. The van der Waals surface area contributed by atoms with Gasteiger partial charge in [-0.3, -0.25) is 0 Å². The Morgan fingerprint density at radius 1 is 1.91 bits per heavy atom. The first kappa shape index (κ1) is 8.16. The molecule has 11 heavy (non-hydrogen) atoms. The van der Waals surface area contributed by atoms with Crippen molar-refractivity contribution >= 4 is 17.3 Å². The number of thiazole rings is 1. The number of nitrogens with zero attached hydrogens (tertiary/aromatic N) is 1. The molecule has 0 saturated carbocycles. The number of carbonyl (C=O) groups excluding carboxylic acids is 1. The zero-order chi connectivity index (χ0) is 8.27. The summed E-state index contributed by atoms with van der Waals surface area (Å²) < 4.78 is 4.75. The number of hydrogen-bond donors (Lipinski definition) is 1. The SMILES string of the molecule is CC(N)C(=O)Oc1cscn1. The summed E-state index contributed by atoms with van der Waals surface area (Å²) in [5.74, 6) is -0.145. The van der Waals surface area contributed by atoms with Gasteiger partial charge < -0.3 is 10.5 Å². The van der Waals surface area contributed by atoms with E-state index < -0.39 is 12.0 Å². The van der Waals surface area contributed by atoms with Gasteiger partial charge in [-0.05, 0) is 6.92 Å². The third kappa shape index (κ3) is 2.28. The average molecular weight is 172 g/mol. The molecule has 0 amide bonds. The molecule has 0 radical (unpaired) electrons. The highest BCUT2D eigenvalue weighted by Gasteiger charge is 2.10. The van der Waals surface area contributed by atoms with E-state index in [4.69, 9.17) is 10.5 Å². The molecule has 0 bridgehead atoms. The first-order valence-electron chi connectivity index (χ1n) is 3.05. The summed E-state index contributed by atoms with van der Waals surface area (Å²) in [6.07, 6.45) is 0. The second-order valence-electron chi connectivity index (χ2n) is 2.04. The van der Waals surface area contributed by atoms with Crippen LogP contribution in [0.15, 0.2) is 10.9 Å². The van der Waals surface area contributed by atoms with Gasteiger partial charge in [-0.1, -0.05) is 0 Å². The number of nitrogens with two attached hydrogens (primary N) is 1. The molecular weight excluding hydrogens is 164 g/mol. The second kappa shape index (κ2) is 3.45. The molecule has 1 heterocycles. The Bertz CT molecular complexity index is 233. The molecule has 0 aromatic carbocycles. The summed E-state index contributed by atoms with van der Waals surface area (Å²) in [5, 5.41) is 1.64. The Morgan fingerprint density at radius 2 is 2.64 bits per heavy atom. The summed E-state index contributed by atoms with van der Waals surface area (Å²) in [7, 11) is 0. The molecule has 0 aliphatic carbocycles. The van der Waals surface area contributed by atoms with Crippen molar-refractivity contribution in [3.8, 4) is 5.88 Å². The van der Waals surface area contributed by atoms with E-state index in [1.54, 1.807) is 17.8 Å². The normalized spacial score (nSPS) is 12.5. The number of hydrogen-bond acceptors (Lipinski definition) is 5. The van der Waals surface area contributed by atoms with Crippen LogP contribution < -0.4 is 10.5 Å². The molecule has 0 spiro atoms. The van der Waals surface area contributed by atoms with Crippen LogP contribution in [0, 0.1) is 0 Å². The molecule has 0 fully saturated rings. The van der Waals surface area contributed by atoms with Crippen molar-refractivity contribution in [3.05, 3.63) is 10.9 Å². The standard InChI is InChI=1S/C6H8N2O2S/c1-4(7)6(9)10-5-2-11-3-8-5/h2-4H,7H2,1H3. The quantitative estimate of drug-likeness (QED) is 0.655. The number of esters is 1. The molecule has 60 valence electrons. The van der Waals surface area contributed by atoms with Crippen LogP contribution in [0.5, 0.6) is 5.88 Å². The number of carbonyl (C=O) groups is 1. The van der Waals surface area contributed by atoms with Gasteiger partial charge in [0.2, 0.25) is 5.88 Å². The highest BCUT2D eigenvalue weighted by Crippen LogP contribution is 2.09. The fraction of sp³-hybridized carbons (Fsp3) is 0.333. The summed E-state index contributed by atoms with van der Waals surface area (Å²) in [5.41, 5.74) is 6.84. The van der Waals surface area contributed by atoms with Crippen LogP contribution in [0.1, 0.15) is 6.92 Å². The fourth-order valence-electron chi connectivity index (χ4n) is 0.448. The highest BCUT2D eigenvalue weighted by molar-refractivity contribution is 7.07. The summed E-state index contributed by atoms with van der Waals surface area (Å²) in [6, 6.07) is -0.600. The molecular formula is C6H8N2O2S. The fourth-order valence-corrected chi connectivity index (χ4v) is 0.899. The molecule has 4 nitrogen and oxygen atoms in total. The van der Waals surface area contributed by atoms with Gasteiger partial charge in [-0.25, -0.2) is 9.78 Å². The molecule has 2 N–H and O–H groups in total. The molecule has 0 aliphatic heterocycles. The number of ether oxygens (including phenoxy) is 1. The topological polar surface area (TPSA) is 65.2 Å². The van der Waals surface area contributed by atoms with Crippen LogP contribution in [0.3, 0.4) is 0 Å². The van der Waals surface area contributed by atoms with Gasteiger partial charge in [0.05, 0.1) is 10.9 Å². The van der Waals surface area contributed by atoms with Crippen molar-refractivity contribution in [1.82, 2.24) is 4.98 Å². The van der Waals surface area contributed by atoms with Crippen LogP contribution >= 0.6 is 11.3 Å². The lowest BCUT2D eigenvalue weighted by Crippen LogP contribution is -2.30. The zero-order valence-electron chi connectivity index (χ0n) is 5.98. The van der Waals surface area contributed by atoms with Gasteiger partial charge in [0.1, 0.15) is 6.04 Å². The third-order valence-electron chi connectivity index (χ3n) is 0.987. The average Bonchev–Trinajstić information content (AvgIpc) is 2.39. The van der Waals surface area contributed by atoms with Gasteiger partial charge in [0.15, 0.2) is 0 Å². The lowest BCUT2D eigenvalue weighted by Gasteiger charge is -2.01. The van der Waals surface area contributed by atoms with Gasteiger partial charge in [0, 0.05) is 0 Å². The monoisotopic (exact) mass is 172 g/mol. The maximum atomic E-state index is 10.8. The van der Waals surface area contributed by atoms with Crippen molar-refractivity contribution in [1.29, 1.82) is 0 Å². The molecule has 1 aromatic rings. The first-order valence-corrected chi connectivity index (χ1v) is 4.00. The Morgan fingerprint density at radius 3 is 3.09 bits per heavy atom. The molecule has 0 saturated heterocycles. The van der Waals surface area contributed by atoms with E-state index >= 15 is 0 Å². The van der Waals surface area contributed by atoms with E-state index in [0.29, 0.717) is 5.88 Å². The van der Waals surface area contributed by atoms with E-state index in [0.717, 1.165) is 0 Å². The van der Waals surface area contributed by atoms with Crippen LogP contribution in [0.4, 0.5) is 0 Å². The van der Waals surface area contributed by atoms with Gasteiger partial charge >= 0.3 is 5.97 Å². The van der Waals surface area contributed by atoms with Crippen LogP contribution in [-0.2, 0) is 4.79 Å². The van der Waals surface area contributed by atoms with Gasteiger partial charge in [-0.15, -0.1) is 11.3 Å². The van der Waals surface area contributed by atoms with Gasteiger partial charge in [0.25, 0.3) is 0 Å². The van der Waals surface area contributed by atoms with Crippen LogP contribution in [0.2, 0.25) is 0 Å². The minimum absolute atomic E-state index is 0.317. The molecule has 1 aromatic heterocycles. The lowest BCUT2D eigenvalue weighted by molar-refractivity contribution is -0.135. The molecule has 1 atom stereocenters. The van der Waals surface area contributed by atoms with Crippen molar-refractivity contribution in [3.63, 3.8) is 0 Å². The number of aromatic nitrogens is 1. The van der Waals surface area contributed by atoms with Crippen molar-refractivity contribution in [2.24, 2.45) is 5.73 Å². The van der Waals surface area contributed by atoms with E-state index in [1.165, 1.54) is 11.3 Å².